The molecule has 0 aromatic heterocycles. The van der Waals surface area contributed by atoms with E-state index in [1.165, 1.54) is 0 Å². The molecule has 2 unspecified atom stereocenters. The first-order valence-electron chi connectivity index (χ1n) is 3.36. The highest BCUT2D eigenvalue weighted by molar-refractivity contribution is 7.45. The number of aliphatic hydroxyl groups is 1. The maximum atomic E-state index is 10.8. The molecule has 0 bridgehead atoms. The molecular weight excluding hydrogens is 135 g/mol. The molecule has 0 aromatic rings. The number of rotatable bonds is 4. The van der Waals surface area contributed by atoms with Gasteiger partial charge in [-0.05, 0) is 6.42 Å². The molecule has 56 valence electrons. The zero-order valence-electron chi connectivity index (χ0n) is 6.05. The second kappa shape index (κ2) is 5.01. The minimum atomic E-state index is -1.66. The lowest BCUT2D eigenvalue weighted by molar-refractivity contribution is 0.360. The van der Waals surface area contributed by atoms with Gasteiger partial charge in [0, 0.05) is 5.66 Å². The summed E-state index contributed by atoms with van der Waals surface area (Å²) in [5, 5.41) is 8.46. The summed E-state index contributed by atoms with van der Waals surface area (Å²) in [6, 6.07) is 0. The van der Waals surface area contributed by atoms with Crippen LogP contribution in [0.25, 0.3) is 0 Å². The smallest absolute Gasteiger partial charge is 0.103 e. The Labute approximate surface area is 57.1 Å². The summed E-state index contributed by atoms with van der Waals surface area (Å²) in [4.78, 5) is 0. The van der Waals surface area contributed by atoms with Crippen LogP contribution in [-0.4, -0.2) is 17.1 Å². The molecule has 3 heteroatoms. The lowest BCUT2D eigenvalue weighted by Crippen LogP contribution is -1.95. The molecular formula is C6H15O2P. The molecule has 2 atom stereocenters. The van der Waals surface area contributed by atoms with E-state index in [4.69, 9.17) is 5.11 Å². The third kappa shape index (κ3) is 3.72. The van der Waals surface area contributed by atoms with Gasteiger partial charge in [0.05, 0.1) is 6.35 Å². The quantitative estimate of drug-likeness (QED) is 0.619. The highest BCUT2D eigenvalue weighted by Gasteiger charge is 2.06. The molecule has 0 rings (SSSR count). The van der Waals surface area contributed by atoms with Crippen LogP contribution in [-0.2, 0) is 4.57 Å². The highest BCUT2D eigenvalue weighted by Crippen LogP contribution is 2.28. The van der Waals surface area contributed by atoms with Crippen LogP contribution in [0.15, 0.2) is 0 Å². The molecule has 9 heavy (non-hydrogen) atoms. The lowest BCUT2D eigenvalue weighted by atomic mass is 10.3. The Hall–Kier alpha value is 0.190. The largest absolute Gasteiger partial charge is 0.389 e. The molecule has 0 spiro atoms. The highest BCUT2D eigenvalue weighted by atomic mass is 31.1. The van der Waals surface area contributed by atoms with Crippen LogP contribution < -0.4 is 0 Å². The monoisotopic (exact) mass is 150 g/mol. The number of hydrogen-bond acceptors (Lipinski definition) is 2. The molecule has 1 N–H and O–H groups in total. The fourth-order valence-electron chi connectivity index (χ4n) is 0.750. The van der Waals surface area contributed by atoms with Gasteiger partial charge in [-0.3, -0.25) is 0 Å². The third-order valence-corrected chi connectivity index (χ3v) is 3.13. The fraction of sp³-hybridized carbons (Fsp3) is 1.00. The van der Waals surface area contributed by atoms with Crippen molar-refractivity contribution >= 4 is 7.80 Å². The topological polar surface area (TPSA) is 37.3 Å². The molecule has 0 saturated heterocycles. The van der Waals surface area contributed by atoms with E-state index in [2.05, 4.69) is 6.92 Å². The molecule has 0 aromatic carbocycles. The van der Waals surface area contributed by atoms with Crippen molar-refractivity contribution in [2.24, 2.45) is 0 Å². The Morgan fingerprint density at radius 2 is 2.22 bits per heavy atom. The molecule has 0 aliphatic carbocycles. The van der Waals surface area contributed by atoms with Crippen LogP contribution in [0.3, 0.4) is 0 Å². The van der Waals surface area contributed by atoms with Crippen molar-refractivity contribution in [3.05, 3.63) is 0 Å². The first-order chi connectivity index (χ1) is 4.22. The van der Waals surface area contributed by atoms with Crippen molar-refractivity contribution in [2.75, 3.05) is 6.35 Å². The van der Waals surface area contributed by atoms with E-state index in [0.717, 1.165) is 12.8 Å². The van der Waals surface area contributed by atoms with Crippen molar-refractivity contribution in [1.29, 1.82) is 0 Å². The Bertz CT molecular complexity index is 93.1. The summed E-state index contributed by atoms with van der Waals surface area (Å²) in [7, 11) is -1.66. The van der Waals surface area contributed by atoms with E-state index in [0.29, 0.717) is 0 Å². The first-order valence-corrected chi connectivity index (χ1v) is 5.05. The molecule has 0 amide bonds. The van der Waals surface area contributed by atoms with Gasteiger partial charge in [0.25, 0.3) is 0 Å². The molecule has 0 aliphatic heterocycles. The fourth-order valence-corrected chi connectivity index (χ4v) is 1.67. The van der Waals surface area contributed by atoms with Crippen LogP contribution in [0.4, 0.5) is 0 Å². The van der Waals surface area contributed by atoms with Gasteiger partial charge in [-0.15, -0.1) is 0 Å². The predicted molar refractivity (Wildman–Crippen MR) is 40.5 cm³/mol. The van der Waals surface area contributed by atoms with Crippen molar-refractivity contribution in [2.45, 2.75) is 32.3 Å². The van der Waals surface area contributed by atoms with E-state index in [-0.39, 0.29) is 12.0 Å². The Kier molecular flexibility index (Phi) is 5.12. The van der Waals surface area contributed by atoms with Gasteiger partial charge in [0.2, 0.25) is 0 Å². The van der Waals surface area contributed by atoms with Crippen LogP contribution in [0.2, 0.25) is 0 Å². The average Bonchev–Trinajstić information content (AvgIpc) is 1.87. The van der Waals surface area contributed by atoms with Gasteiger partial charge in [0.1, 0.15) is 7.80 Å². The van der Waals surface area contributed by atoms with E-state index in [1.54, 1.807) is 0 Å². The van der Waals surface area contributed by atoms with Gasteiger partial charge < -0.3 is 9.67 Å². The van der Waals surface area contributed by atoms with E-state index in [1.807, 2.05) is 6.92 Å². The molecule has 2 nitrogen and oxygen atoms in total. The maximum Gasteiger partial charge on any atom is 0.103 e. The summed E-state index contributed by atoms with van der Waals surface area (Å²) in [6.07, 6.45) is 1.90. The normalized spacial score (nSPS) is 17.2. The van der Waals surface area contributed by atoms with Crippen molar-refractivity contribution < 1.29 is 9.67 Å². The average molecular weight is 150 g/mol. The van der Waals surface area contributed by atoms with Gasteiger partial charge in [-0.2, -0.15) is 0 Å². The van der Waals surface area contributed by atoms with Crippen molar-refractivity contribution in [3.63, 3.8) is 0 Å². The van der Waals surface area contributed by atoms with Gasteiger partial charge in [-0.25, -0.2) is 0 Å². The number of hydrogen-bond donors (Lipinski definition) is 1. The van der Waals surface area contributed by atoms with Crippen LogP contribution in [0, 0.1) is 0 Å². The second-order valence-corrected chi connectivity index (χ2v) is 4.55. The Morgan fingerprint density at radius 1 is 1.67 bits per heavy atom. The minimum absolute atomic E-state index is 0.119. The third-order valence-electron chi connectivity index (χ3n) is 1.43. The van der Waals surface area contributed by atoms with Crippen LogP contribution >= 0.6 is 7.80 Å². The van der Waals surface area contributed by atoms with Crippen LogP contribution in [0.1, 0.15) is 26.7 Å². The Balaban J connectivity index is 3.45. The van der Waals surface area contributed by atoms with Crippen molar-refractivity contribution in [3.8, 4) is 0 Å². The standard InChI is InChI=1S/C6H15O2P/c1-3-4-6(2)9(8)5-7/h6-7,9H,3-5H2,1-2H3. The summed E-state index contributed by atoms with van der Waals surface area (Å²) in [5.74, 6) is 0. The van der Waals surface area contributed by atoms with Gasteiger partial charge in [0.15, 0.2) is 0 Å². The number of aliphatic hydroxyl groups excluding tert-OH is 1. The molecule has 0 aliphatic rings. The summed E-state index contributed by atoms with van der Waals surface area (Å²) >= 11 is 0. The SMILES string of the molecule is CCCC(C)[PH](=O)CO. The lowest BCUT2D eigenvalue weighted by Gasteiger charge is -2.05. The minimum Gasteiger partial charge on any atom is -0.389 e. The molecule has 0 heterocycles. The Morgan fingerprint density at radius 3 is 2.56 bits per heavy atom. The first kappa shape index (κ1) is 9.19. The summed E-state index contributed by atoms with van der Waals surface area (Å²) in [5.41, 5.74) is 0.227. The van der Waals surface area contributed by atoms with E-state index < -0.39 is 7.80 Å². The maximum absolute atomic E-state index is 10.8. The van der Waals surface area contributed by atoms with Crippen molar-refractivity contribution in [1.82, 2.24) is 0 Å². The molecule has 0 fully saturated rings. The zero-order chi connectivity index (χ0) is 7.28. The van der Waals surface area contributed by atoms with E-state index >= 15 is 0 Å². The summed E-state index contributed by atoms with van der Waals surface area (Å²) in [6.45, 7) is 3.99. The van der Waals surface area contributed by atoms with E-state index in [9.17, 15) is 4.57 Å². The predicted octanol–water partition coefficient (Wildman–Crippen LogP) is 1.68. The van der Waals surface area contributed by atoms with Crippen LogP contribution in [0.5, 0.6) is 0 Å². The summed E-state index contributed by atoms with van der Waals surface area (Å²) < 4.78 is 10.8. The van der Waals surface area contributed by atoms with Gasteiger partial charge in [-0.1, -0.05) is 20.3 Å². The second-order valence-electron chi connectivity index (χ2n) is 2.31. The molecule has 0 saturated carbocycles. The van der Waals surface area contributed by atoms with Gasteiger partial charge >= 0.3 is 0 Å². The molecule has 0 radical (unpaired) electrons. The zero-order valence-corrected chi connectivity index (χ0v) is 7.05.